The first kappa shape index (κ1) is 7.74. The summed E-state index contributed by atoms with van der Waals surface area (Å²) in [6.07, 6.45) is 1.41. The Kier molecular flexibility index (Phi) is 1.91. The second-order valence-corrected chi connectivity index (χ2v) is 2.17. The lowest BCUT2D eigenvalue weighted by atomic mass is 10.2. The number of carbonyl (C=O) groups is 1. The molecule has 1 heterocycles. The molecule has 0 saturated heterocycles. The number of carbonyl (C=O) groups excluding carboxylic acids is 1. The number of amides is 1. The van der Waals surface area contributed by atoms with Crippen LogP contribution >= 0.6 is 0 Å². The lowest BCUT2D eigenvalue weighted by molar-refractivity contribution is 0.0999. The summed E-state index contributed by atoms with van der Waals surface area (Å²) in [6.45, 7) is 1.42. The number of aliphatic hydroxyl groups is 1. The summed E-state index contributed by atoms with van der Waals surface area (Å²) in [5.41, 5.74) is 5.89. The van der Waals surface area contributed by atoms with Crippen molar-refractivity contribution in [2.75, 3.05) is 0 Å². The van der Waals surface area contributed by atoms with Crippen molar-refractivity contribution in [2.45, 2.75) is 13.7 Å². The highest BCUT2D eigenvalue weighted by atomic mass is 16.3. The first-order chi connectivity index (χ1) is 5.15. The van der Waals surface area contributed by atoms with Crippen molar-refractivity contribution < 1.29 is 9.90 Å². The molecular weight excluding hydrogens is 146 g/mol. The zero-order valence-corrected chi connectivity index (χ0v) is 6.11. The third kappa shape index (κ3) is 1.38. The predicted octanol–water partition coefficient (Wildman–Crippen LogP) is -0.760. The van der Waals surface area contributed by atoms with E-state index < -0.39 is 5.91 Å². The third-order valence-electron chi connectivity index (χ3n) is 1.36. The molecule has 5 nitrogen and oxygen atoms in total. The Hall–Kier alpha value is -1.36. The number of aryl methyl sites for hydroxylation is 1. The summed E-state index contributed by atoms with van der Waals surface area (Å²) in [7, 11) is 0. The summed E-state index contributed by atoms with van der Waals surface area (Å²) in [4.78, 5) is 10.6. The Balaban J connectivity index is 3.07. The van der Waals surface area contributed by atoms with Crippen LogP contribution in [0.5, 0.6) is 0 Å². The maximum absolute atomic E-state index is 10.6. The van der Waals surface area contributed by atoms with Gasteiger partial charge >= 0.3 is 0 Å². The van der Waals surface area contributed by atoms with Gasteiger partial charge in [-0.15, -0.1) is 0 Å². The summed E-state index contributed by atoms with van der Waals surface area (Å²) in [5.74, 6) is -0.526. The number of hydrogen-bond donors (Lipinski definition) is 2. The van der Waals surface area contributed by atoms with Gasteiger partial charge < -0.3 is 10.8 Å². The number of nitrogens with two attached hydrogens (primary N) is 1. The van der Waals surface area contributed by atoms with Crippen LogP contribution in [0.2, 0.25) is 0 Å². The van der Waals surface area contributed by atoms with Gasteiger partial charge in [-0.25, -0.2) is 4.68 Å². The molecule has 0 radical (unpaired) electrons. The fraction of sp³-hybridized carbons (Fsp3) is 0.333. The Labute approximate surface area is 63.4 Å². The van der Waals surface area contributed by atoms with Gasteiger partial charge in [0.25, 0.3) is 5.91 Å². The van der Waals surface area contributed by atoms with Crippen molar-refractivity contribution >= 4 is 5.91 Å². The standard InChI is InChI=1S/C6H9N3O2/c1-4-5(6(7)11)2-9(3-10)8-4/h2,10H,3H2,1H3,(H2,7,11). The van der Waals surface area contributed by atoms with E-state index in [4.69, 9.17) is 10.8 Å². The molecule has 0 spiro atoms. The fourth-order valence-electron chi connectivity index (χ4n) is 0.832. The van der Waals surface area contributed by atoms with Crippen molar-refractivity contribution in [1.29, 1.82) is 0 Å². The van der Waals surface area contributed by atoms with Crippen molar-refractivity contribution in [3.63, 3.8) is 0 Å². The number of primary amides is 1. The lowest BCUT2D eigenvalue weighted by Crippen LogP contribution is -2.11. The van der Waals surface area contributed by atoms with Crippen molar-refractivity contribution in [1.82, 2.24) is 9.78 Å². The first-order valence-electron chi connectivity index (χ1n) is 3.10. The lowest BCUT2D eigenvalue weighted by Gasteiger charge is -1.88. The number of nitrogens with zero attached hydrogens (tertiary/aromatic N) is 2. The molecule has 5 heteroatoms. The van der Waals surface area contributed by atoms with Gasteiger partial charge in [-0.2, -0.15) is 5.10 Å². The maximum atomic E-state index is 10.6. The van der Waals surface area contributed by atoms with E-state index in [0.29, 0.717) is 11.3 Å². The van der Waals surface area contributed by atoms with Crippen molar-refractivity contribution in [3.8, 4) is 0 Å². The molecule has 11 heavy (non-hydrogen) atoms. The average Bonchev–Trinajstić information content (AvgIpc) is 2.30. The molecule has 0 fully saturated rings. The highest BCUT2D eigenvalue weighted by Gasteiger charge is 2.08. The van der Waals surface area contributed by atoms with Crippen LogP contribution in [0.3, 0.4) is 0 Å². The van der Waals surface area contributed by atoms with Crippen LogP contribution in [0.1, 0.15) is 16.1 Å². The highest BCUT2D eigenvalue weighted by Crippen LogP contribution is 2.02. The van der Waals surface area contributed by atoms with E-state index in [-0.39, 0.29) is 6.73 Å². The minimum atomic E-state index is -0.526. The molecule has 0 saturated carbocycles. The van der Waals surface area contributed by atoms with Crippen LogP contribution in [0.4, 0.5) is 0 Å². The van der Waals surface area contributed by atoms with Gasteiger partial charge in [-0.05, 0) is 6.92 Å². The minimum absolute atomic E-state index is 0.242. The second-order valence-electron chi connectivity index (χ2n) is 2.17. The SMILES string of the molecule is Cc1nn(CO)cc1C(N)=O. The zero-order chi connectivity index (χ0) is 8.43. The number of hydrogen-bond acceptors (Lipinski definition) is 3. The van der Waals surface area contributed by atoms with Gasteiger partial charge in [0.2, 0.25) is 0 Å². The smallest absolute Gasteiger partial charge is 0.252 e. The van der Waals surface area contributed by atoms with Crippen LogP contribution in [0.25, 0.3) is 0 Å². The van der Waals surface area contributed by atoms with E-state index in [1.807, 2.05) is 0 Å². The Morgan fingerprint density at radius 3 is 2.82 bits per heavy atom. The van der Waals surface area contributed by atoms with Gasteiger partial charge in [-0.1, -0.05) is 0 Å². The highest BCUT2D eigenvalue weighted by molar-refractivity contribution is 5.93. The summed E-state index contributed by atoms with van der Waals surface area (Å²) >= 11 is 0. The molecule has 0 aliphatic heterocycles. The van der Waals surface area contributed by atoms with Gasteiger partial charge in [0, 0.05) is 6.20 Å². The Morgan fingerprint density at radius 2 is 2.55 bits per heavy atom. The van der Waals surface area contributed by atoms with E-state index in [1.54, 1.807) is 6.92 Å². The van der Waals surface area contributed by atoms with E-state index in [2.05, 4.69) is 5.10 Å². The molecule has 1 amide bonds. The van der Waals surface area contributed by atoms with E-state index in [0.717, 1.165) is 0 Å². The normalized spacial score (nSPS) is 10.0. The van der Waals surface area contributed by atoms with E-state index in [1.165, 1.54) is 10.9 Å². The Morgan fingerprint density at radius 1 is 1.91 bits per heavy atom. The fourth-order valence-corrected chi connectivity index (χ4v) is 0.832. The molecule has 0 aliphatic carbocycles. The third-order valence-corrected chi connectivity index (χ3v) is 1.36. The molecule has 3 N–H and O–H groups in total. The number of aromatic nitrogens is 2. The van der Waals surface area contributed by atoms with Crippen LogP contribution < -0.4 is 5.73 Å². The molecule has 0 unspecified atom stereocenters. The van der Waals surface area contributed by atoms with Crippen LogP contribution in [-0.4, -0.2) is 20.8 Å². The van der Waals surface area contributed by atoms with Gasteiger partial charge in [-0.3, -0.25) is 4.79 Å². The molecule has 60 valence electrons. The average molecular weight is 155 g/mol. The predicted molar refractivity (Wildman–Crippen MR) is 37.7 cm³/mol. The van der Waals surface area contributed by atoms with Gasteiger partial charge in [0.05, 0.1) is 11.3 Å². The molecule has 0 aliphatic rings. The topological polar surface area (TPSA) is 81.1 Å². The molecule has 0 atom stereocenters. The molecule has 1 aromatic rings. The van der Waals surface area contributed by atoms with Crippen LogP contribution in [-0.2, 0) is 6.73 Å². The molecule has 1 rings (SSSR count). The Bertz CT molecular complexity index is 279. The maximum Gasteiger partial charge on any atom is 0.252 e. The number of aliphatic hydroxyl groups excluding tert-OH is 1. The van der Waals surface area contributed by atoms with Gasteiger partial charge in [0.1, 0.15) is 6.73 Å². The van der Waals surface area contributed by atoms with E-state index >= 15 is 0 Å². The van der Waals surface area contributed by atoms with Crippen LogP contribution in [0, 0.1) is 6.92 Å². The molecule has 1 aromatic heterocycles. The number of rotatable bonds is 2. The molecule has 0 bridgehead atoms. The van der Waals surface area contributed by atoms with Crippen molar-refractivity contribution in [3.05, 3.63) is 17.5 Å². The molecule has 0 aromatic carbocycles. The largest absolute Gasteiger partial charge is 0.374 e. The first-order valence-corrected chi connectivity index (χ1v) is 3.10. The molecular formula is C6H9N3O2. The van der Waals surface area contributed by atoms with Gasteiger partial charge in [0.15, 0.2) is 0 Å². The summed E-state index contributed by atoms with van der Waals surface area (Å²) in [6, 6.07) is 0. The monoisotopic (exact) mass is 155 g/mol. The van der Waals surface area contributed by atoms with Crippen molar-refractivity contribution in [2.24, 2.45) is 5.73 Å². The van der Waals surface area contributed by atoms with E-state index in [9.17, 15) is 4.79 Å². The summed E-state index contributed by atoms with van der Waals surface area (Å²) in [5, 5.41) is 12.4. The minimum Gasteiger partial charge on any atom is -0.374 e. The zero-order valence-electron chi connectivity index (χ0n) is 6.11. The second kappa shape index (κ2) is 2.71. The summed E-state index contributed by atoms with van der Waals surface area (Å²) < 4.78 is 1.25. The quantitative estimate of drug-likeness (QED) is 0.589. The van der Waals surface area contributed by atoms with Crippen LogP contribution in [0.15, 0.2) is 6.20 Å².